The Hall–Kier alpha value is -1.53. The van der Waals surface area contributed by atoms with Crippen molar-refractivity contribution in [3.63, 3.8) is 0 Å². The van der Waals surface area contributed by atoms with E-state index in [-0.39, 0.29) is 43.8 Å². The molecule has 6 nitrogen and oxygen atoms in total. The topological polar surface area (TPSA) is 63.1 Å². The van der Waals surface area contributed by atoms with Gasteiger partial charge in [0.1, 0.15) is 5.76 Å². The molecule has 0 saturated carbocycles. The van der Waals surface area contributed by atoms with Crippen LogP contribution < -0.4 is 0 Å². The molecule has 0 unspecified atom stereocenters. The molecule has 1 fully saturated rings. The number of aliphatic hydroxyl groups is 2. The van der Waals surface area contributed by atoms with E-state index in [4.69, 9.17) is 10.2 Å². The van der Waals surface area contributed by atoms with Crippen LogP contribution in [0.25, 0.3) is 0 Å². The maximum absolute atomic E-state index is 8.88. The first kappa shape index (κ1) is 39.0. The van der Waals surface area contributed by atoms with Crippen LogP contribution in [-0.4, -0.2) is 90.3 Å². The van der Waals surface area contributed by atoms with Crippen molar-refractivity contribution in [1.82, 2.24) is 19.7 Å². The SMILES string of the molecule is C.CC(C)(C)c1ccncc1.CCC.CN1CCN(C)CCN(C)CC1.OC1=C(O)CC=CC=C1.[Ru+3]. The van der Waals surface area contributed by atoms with Crippen LogP contribution in [0, 0.1) is 0 Å². The Morgan fingerprint density at radius 1 is 0.806 bits per heavy atom. The number of likely N-dealkylation sites (N-methyl/N-ethyl adjacent to an activating group) is 3. The Balaban J connectivity index is -0.000000422. The van der Waals surface area contributed by atoms with Crippen molar-refractivity contribution in [2.75, 3.05) is 60.4 Å². The fraction of sp³-hybridized carbons (Fsp3) is 0.621. The third-order valence-electron chi connectivity index (χ3n) is 5.24. The molecule has 1 aliphatic carbocycles. The summed E-state index contributed by atoms with van der Waals surface area (Å²) in [6.07, 6.45) is 12.0. The van der Waals surface area contributed by atoms with E-state index in [1.54, 1.807) is 18.2 Å². The quantitative estimate of drug-likeness (QED) is 0.358. The van der Waals surface area contributed by atoms with Gasteiger partial charge in [-0.15, -0.1) is 0 Å². The van der Waals surface area contributed by atoms with Gasteiger partial charge in [-0.3, -0.25) is 4.98 Å². The molecule has 1 radical (unpaired) electrons. The molecule has 0 amide bonds. The summed E-state index contributed by atoms with van der Waals surface area (Å²) in [5.41, 5.74) is 1.59. The van der Waals surface area contributed by atoms with E-state index in [0.717, 1.165) is 0 Å². The maximum atomic E-state index is 8.88. The normalized spacial score (nSPS) is 17.0. The Kier molecular flexibility index (Phi) is 24.5. The maximum Gasteiger partial charge on any atom is 3.00 e. The van der Waals surface area contributed by atoms with Gasteiger partial charge in [0.15, 0.2) is 5.76 Å². The second kappa shape index (κ2) is 22.7. The minimum Gasteiger partial charge on any atom is -0.508 e. The summed E-state index contributed by atoms with van der Waals surface area (Å²) in [5, 5.41) is 17.7. The summed E-state index contributed by atoms with van der Waals surface area (Å²) in [7, 11) is 6.60. The molecular formula is C29H54N4O2Ru+3. The predicted molar refractivity (Wildman–Crippen MR) is 153 cm³/mol. The molecule has 0 bridgehead atoms. The van der Waals surface area contributed by atoms with Crippen LogP contribution in [0.4, 0.5) is 0 Å². The Bertz CT molecular complexity index is 695. The molecule has 2 N–H and O–H groups in total. The standard InChI is InChI=1S/C9H21N3.C9H13N.C7H8O2.C3H8.CH4.Ru/c1-10-4-6-11(2)8-9-12(3)7-5-10;1-9(2,3)8-4-6-10-7-5-8;8-6-4-2-1-3-5-7(6)9;1-3-2;;/h4-9H2,1-3H3;4-7H,1-3H3;1-4,8-9H,5H2;3H2,1-2H3;1H4;/q;;;;;+3. The van der Waals surface area contributed by atoms with Gasteiger partial charge < -0.3 is 24.9 Å². The monoisotopic (exact) mass is 592 g/mol. The van der Waals surface area contributed by atoms with Gasteiger partial charge in [0.25, 0.3) is 0 Å². The minimum absolute atomic E-state index is 0. The first-order valence-electron chi connectivity index (χ1n) is 12.4. The van der Waals surface area contributed by atoms with Gasteiger partial charge >= 0.3 is 19.5 Å². The van der Waals surface area contributed by atoms with E-state index in [9.17, 15) is 0 Å². The van der Waals surface area contributed by atoms with Crippen molar-refractivity contribution in [3.05, 3.63) is 65.9 Å². The van der Waals surface area contributed by atoms with Gasteiger partial charge in [-0.2, -0.15) is 0 Å². The first-order chi connectivity index (χ1) is 16.0. The molecule has 36 heavy (non-hydrogen) atoms. The smallest absolute Gasteiger partial charge is 0.508 e. The second-order valence-electron chi connectivity index (χ2n) is 9.93. The third kappa shape index (κ3) is 20.6. The van der Waals surface area contributed by atoms with Crippen LogP contribution in [-0.2, 0) is 24.9 Å². The number of aliphatic hydroxyl groups excluding tert-OH is 2. The summed E-state index contributed by atoms with van der Waals surface area (Å²) in [4.78, 5) is 11.2. The van der Waals surface area contributed by atoms with Crippen LogP contribution >= 0.6 is 0 Å². The van der Waals surface area contributed by atoms with E-state index in [1.165, 1.54) is 57.3 Å². The Morgan fingerprint density at radius 3 is 1.53 bits per heavy atom. The number of allylic oxidation sites excluding steroid dienone is 4. The van der Waals surface area contributed by atoms with E-state index < -0.39 is 0 Å². The number of pyridine rings is 1. The number of aromatic nitrogens is 1. The van der Waals surface area contributed by atoms with Crippen molar-refractivity contribution < 1.29 is 29.7 Å². The van der Waals surface area contributed by atoms with Crippen molar-refractivity contribution in [3.8, 4) is 0 Å². The average Bonchev–Trinajstić information content (AvgIpc) is 2.95. The molecule has 1 saturated heterocycles. The molecule has 0 atom stereocenters. The molecule has 1 aromatic rings. The van der Waals surface area contributed by atoms with Crippen LogP contribution in [0.5, 0.6) is 0 Å². The summed E-state index contributed by atoms with van der Waals surface area (Å²) in [5.74, 6) is -0.0139. The van der Waals surface area contributed by atoms with Gasteiger partial charge in [0.05, 0.1) is 0 Å². The summed E-state index contributed by atoms with van der Waals surface area (Å²) >= 11 is 0. The van der Waals surface area contributed by atoms with Crippen molar-refractivity contribution >= 4 is 0 Å². The summed E-state index contributed by atoms with van der Waals surface area (Å²) < 4.78 is 0. The third-order valence-corrected chi connectivity index (χ3v) is 5.24. The van der Waals surface area contributed by atoms with E-state index in [0.29, 0.717) is 6.42 Å². The average molecular weight is 592 g/mol. The van der Waals surface area contributed by atoms with Crippen LogP contribution in [0.1, 0.15) is 60.5 Å². The zero-order valence-electron chi connectivity index (χ0n) is 23.3. The van der Waals surface area contributed by atoms with Crippen LogP contribution in [0.2, 0.25) is 0 Å². The van der Waals surface area contributed by atoms with E-state index in [1.807, 2.05) is 12.4 Å². The fourth-order valence-corrected chi connectivity index (χ4v) is 2.82. The molecule has 0 spiro atoms. The molecule has 1 aliphatic heterocycles. The molecule has 3 rings (SSSR count). The summed E-state index contributed by atoms with van der Waals surface area (Å²) in [6.45, 7) is 18.0. The van der Waals surface area contributed by atoms with Crippen molar-refractivity contribution in [2.24, 2.45) is 0 Å². The van der Waals surface area contributed by atoms with Crippen molar-refractivity contribution in [1.29, 1.82) is 0 Å². The van der Waals surface area contributed by atoms with Crippen LogP contribution in [0.3, 0.4) is 0 Å². The molecule has 7 heteroatoms. The van der Waals surface area contributed by atoms with Gasteiger partial charge in [0.2, 0.25) is 0 Å². The zero-order chi connectivity index (χ0) is 26.0. The van der Waals surface area contributed by atoms with E-state index in [2.05, 4.69) is 87.6 Å². The Labute approximate surface area is 235 Å². The first-order valence-corrected chi connectivity index (χ1v) is 12.4. The largest absolute Gasteiger partial charge is 3.00 e. The molecule has 2 aliphatic rings. The van der Waals surface area contributed by atoms with Gasteiger partial charge in [-0.25, -0.2) is 0 Å². The Morgan fingerprint density at radius 2 is 1.19 bits per heavy atom. The van der Waals surface area contributed by atoms with Gasteiger partial charge in [0, 0.05) is 58.1 Å². The molecule has 2 heterocycles. The minimum atomic E-state index is -0.0417. The fourth-order valence-electron chi connectivity index (χ4n) is 2.82. The number of rotatable bonds is 0. The molecule has 0 aromatic carbocycles. The number of nitrogens with zero attached hydrogens (tertiary/aromatic N) is 4. The molecule has 1 aromatic heterocycles. The van der Waals surface area contributed by atoms with Crippen molar-refractivity contribution in [2.45, 2.75) is 60.3 Å². The zero-order valence-corrected chi connectivity index (χ0v) is 25.1. The van der Waals surface area contributed by atoms with Gasteiger partial charge in [-0.05, 0) is 50.3 Å². The molecular weight excluding hydrogens is 537 g/mol. The van der Waals surface area contributed by atoms with Gasteiger partial charge in [-0.1, -0.05) is 66.7 Å². The van der Waals surface area contributed by atoms with Crippen LogP contribution in [0.15, 0.2) is 60.3 Å². The second-order valence-corrected chi connectivity index (χ2v) is 9.93. The predicted octanol–water partition coefficient (Wildman–Crippen LogP) is 6.05. The van der Waals surface area contributed by atoms with E-state index >= 15 is 0 Å². The summed E-state index contributed by atoms with van der Waals surface area (Å²) in [6, 6.07) is 4.11. The molecule has 207 valence electrons. The number of hydrogen-bond donors (Lipinski definition) is 2. The number of hydrogen-bond acceptors (Lipinski definition) is 6.